The van der Waals surface area contributed by atoms with Crippen molar-refractivity contribution >= 4 is 35.0 Å². The number of likely N-dealkylation sites (tertiary alicyclic amines) is 1. The Balaban J connectivity index is 1.32. The third-order valence-corrected chi connectivity index (χ3v) is 8.56. The quantitative estimate of drug-likeness (QED) is 0.554. The van der Waals surface area contributed by atoms with Gasteiger partial charge in [0.25, 0.3) is 5.91 Å². The summed E-state index contributed by atoms with van der Waals surface area (Å²) >= 11 is 0. The van der Waals surface area contributed by atoms with Crippen molar-refractivity contribution in [1.82, 2.24) is 20.2 Å². The first-order chi connectivity index (χ1) is 18.7. The molecule has 10 nitrogen and oxygen atoms in total. The lowest BCUT2D eigenvalue weighted by Gasteiger charge is -2.42. The lowest BCUT2D eigenvalue weighted by molar-refractivity contribution is -0.120. The Hall–Kier alpha value is -3.40. The van der Waals surface area contributed by atoms with Crippen LogP contribution in [0.5, 0.6) is 5.75 Å². The fraction of sp³-hybridized carbons (Fsp3) is 0.586. The highest BCUT2D eigenvalue weighted by Crippen LogP contribution is 2.39. The summed E-state index contributed by atoms with van der Waals surface area (Å²) in [6.07, 6.45) is 5.68. The fourth-order valence-electron chi connectivity index (χ4n) is 6.55. The second-order valence-corrected chi connectivity index (χ2v) is 11.5. The zero-order chi connectivity index (χ0) is 27.8. The van der Waals surface area contributed by atoms with Gasteiger partial charge in [-0.1, -0.05) is 6.92 Å². The molecule has 39 heavy (non-hydrogen) atoms. The molecule has 2 N–H and O–H groups in total. The van der Waals surface area contributed by atoms with Crippen LogP contribution >= 0.6 is 0 Å². The molecular weight excluding hydrogens is 494 g/mol. The average Bonchev–Trinajstić information content (AvgIpc) is 3.31. The molecule has 210 valence electrons. The highest BCUT2D eigenvalue weighted by molar-refractivity contribution is 6.04. The maximum absolute atomic E-state index is 13.1. The number of hydrogen-bond acceptors (Lipinski definition) is 8. The zero-order valence-electron chi connectivity index (χ0n) is 23.9. The number of ether oxygens (including phenoxy) is 1. The van der Waals surface area contributed by atoms with E-state index >= 15 is 0 Å². The van der Waals surface area contributed by atoms with Crippen molar-refractivity contribution in [1.29, 1.82) is 0 Å². The van der Waals surface area contributed by atoms with Gasteiger partial charge in [0.05, 0.1) is 19.0 Å². The molecule has 0 bridgehead atoms. The molecule has 10 heteroatoms. The lowest BCUT2D eigenvalue weighted by Crippen LogP contribution is -2.54. The van der Waals surface area contributed by atoms with Gasteiger partial charge in [-0.15, -0.1) is 0 Å². The van der Waals surface area contributed by atoms with Gasteiger partial charge in [0.15, 0.2) is 5.82 Å². The molecule has 0 radical (unpaired) electrons. The number of anilines is 4. The van der Waals surface area contributed by atoms with Gasteiger partial charge >= 0.3 is 0 Å². The molecule has 1 aromatic carbocycles. The van der Waals surface area contributed by atoms with Crippen molar-refractivity contribution in [3.63, 3.8) is 0 Å². The Bertz CT molecular complexity index is 1240. The summed E-state index contributed by atoms with van der Waals surface area (Å²) in [5.41, 5.74) is 1.90. The van der Waals surface area contributed by atoms with Gasteiger partial charge in [-0.3, -0.25) is 9.59 Å². The normalized spacial score (nSPS) is 24.9. The third-order valence-electron chi connectivity index (χ3n) is 8.56. The highest BCUT2D eigenvalue weighted by Gasteiger charge is 2.39. The van der Waals surface area contributed by atoms with E-state index in [0.717, 1.165) is 31.7 Å². The number of hydrogen-bond donors (Lipinski definition) is 2. The second-order valence-electron chi connectivity index (χ2n) is 11.5. The fourth-order valence-corrected chi connectivity index (χ4v) is 6.55. The molecule has 2 aromatic rings. The molecule has 4 unspecified atom stereocenters. The van der Waals surface area contributed by atoms with Crippen LogP contribution in [0.15, 0.2) is 24.4 Å². The van der Waals surface area contributed by atoms with Crippen LogP contribution < -0.4 is 25.2 Å². The van der Waals surface area contributed by atoms with Gasteiger partial charge in [-0.05, 0) is 83.2 Å². The molecule has 2 aliphatic heterocycles. The molecule has 1 saturated heterocycles. The minimum atomic E-state index is -0.276. The van der Waals surface area contributed by atoms with Crippen molar-refractivity contribution in [3.8, 4) is 5.75 Å². The summed E-state index contributed by atoms with van der Waals surface area (Å²) in [4.78, 5) is 41.4. The van der Waals surface area contributed by atoms with E-state index in [-0.39, 0.29) is 29.9 Å². The summed E-state index contributed by atoms with van der Waals surface area (Å²) in [7, 11) is 5.53. The Morgan fingerprint density at radius 2 is 1.97 bits per heavy atom. The van der Waals surface area contributed by atoms with Gasteiger partial charge in [0, 0.05) is 31.2 Å². The van der Waals surface area contributed by atoms with E-state index in [2.05, 4.69) is 46.3 Å². The van der Waals surface area contributed by atoms with Crippen LogP contribution in [-0.2, 0) is 4.79 Å². The molecule has 4 atom stereocenters. The highest BCUT2D eigenvalue weighted by atomic mass is 16.5. The molecule has 0 spiro atoms. The molecule has 1 saturated carbocycles. The monoisotopic (exact) mass is 535 g/mol. The Kier molecular flexibility index (Phi) is 7.66. The molecule has 2 amide bonds. The van der Waals surface area contributed by atoms with Crippen LogP contribution in [0.3, 0.4) is 0 Å². The number of fused-ring (bicyclic) bond motifs is 2. The van der Waals surface area contributed by atoms with Crippen LogP contribution in [0.25, 0.3) is 0 Å². The van der Waals surface area contributed by atoms with Gasteiger partial charge < -0.3 is 30.1 Å². The molecule has 2 fully saturated rings. The maximum Gasteiger partial charge on any atom is 0.251 e. The van der Waals surface area contributed by atoms with Crippen LogP contribution in [0.4, 0.5) is 23.1 Å². The smallest absolute Gasteiger partial charge is 0.251 e. The first-order valence-corrected chi connectivity index (χ1v) is 14.1. The topological polar surface area (TPSA) is 103 Å². The van der Waals surface area contributed by atoms with Crippen LogP contribution in [0, 0.1) is 11.8 Å². The van der Waals surface area contributed by atoms with Gasteiger partial charge in [0.2, 0.25) is 11.9 Å². The van der Waals surface area contributed by atoms with E-state index < -0.39 is 0 Å². The van der Waals surface area contributed by atoms with Crippen LogP contribution in [0.1, 0.15) is 56.8 Å². The number of likely N-dealkylation sites (N-methyl/N-ethyl adjacent to an activating group) is 1. The molecule has 3 aliphatic rings. The van der Waals surface area contributed by atoms with Crippen molar-refractivity contribution < 1.29 is 14.3 Å². The molecular formula is C29H41N7O3. The number of nitrogens with one attached hydrogen (secondary N) is 2. The number of rotatable bonds is 7. The van der Waals surface area contributed by atoms with Crippen LogP contribution in [0.2, 0.25) is 0 Å². The van der Waals surface area contributed by atoms with E-state index in [1.165, 1.54) is 6.42 Å². The van der Waals surface area contributed by atoms with E-state index in [1.807, 2.05) is 13.0 Å². The summed E-state index contributed by atoms with van der Waals surface area (Å²) < 4.78 is 5.64. The standard InChI is InChI=1S/C29H41N7O3/c1-7-23-28(38)35(5)24-15-30-29(33-26(24)36(23)17(2)3)32-22-9-8-19(14-25(22)39-6)27(37)31-21-12-18-10-11-34(4)16-20(18)13-21/h8-9,14-15,17-18,20-21,23H,7,10-13,16H2,1-6H3,(H,31,37)(H,30,32,33). The molecule has 3 heterocycles. The third kappa shape index (κ3) is 5.26. The predicted molar refractivity (Wildman–Crippen MR) is 153 cm³/mol. The van der Waals surface area contributed by atoms with Gasteiger partial charge in [0.1, 0.15) is 17.5 Å². The number of aromatic nitrogens is 2. The number of methoxy groups -OCH3 is 1. The second kappa shape index (κ2) is 11.0. The van der Waals surface area contributed by atoms with E-state index in [1.54, 1.807) is 37.4 Å². The minimum absolute atomic E-state index is 0.0437. The Morgan fingerprint density at radius 1 is 1.21 bits per heavy atom. The number of carbonyl (C=O) groups excluding carboxylic acids is 2. The first kappa shape index (κ1) is 27.2. The molecule has 1 aromatic heterocycles. The van der Waals surface area contributed by atoms with Crippen molar-refractivity contribution in [2.45, 2.75) is 64.6 Å². The van der Waals surface area contributed by atoms with E-state index in [4.69, 9.17) is 9.72 Å². The Labute approximate surface area is 231 Å². The predicted octanol–water partition coefficient (Wildman–Crippen LogP) is 3.66. The number of nitrogens with zero attached hydrogens (tertiary/aromatic N) is 5. The summed E-state index contributed by atoms with van der Waals surface area (Å²) in [5, 5.41) is 6.51. The lowest BCUT2D eigenvalue weighted by atomic mass is 9.89. The van der Waals surface area contributed by atoms with E-state index in [0.29, 0.717) is 46.9 Å². The SMILES string of the molecule is CCC1C(=O)N(C)c2cnc(Nc3ccc(C(=O)NC4CC5CCN(C)CC5C4)cc3OC)nc2N1C(C)C. The van der Waals surface area contributed by atoms with Crippen molar-refractivity contribution in [3.05, 3.63) is 30.0 Å². The van der Waals surface area contributed by atoms with Gasteiger partial charge in [-0.25, -0.2) is 4.98 Å². The largest absolute Gasteiger partial charge is 0.495 e. The average molecular weight is 536 g/mol. The van der Waals surface area contributed by atoms with Crippen LogP contribution in [-0.4, -0.2) is 79.1 Å². The summed E-state index contributed by atoms with van der Waals surface area (Å²) in [6, 6.07) is 5.41. The Morgan fingerprint density at radius 3 is 2.69 bits per heavy atom. The molecule has 1 aliphatic carbocycles. The molecule has 5 rings (SSSR count). The minimum Gasteiger partial charge on any atom is -0.495 e. The number of amides is 2. The first-order valence-electron chi connectivity index (χ1n) is 14.1. The number of benzene rings is 1. The summed E-state index contributed by atoms with van der Waals surface area (Å²) in [6.45, 7) is 8.40. The van der Waals surface area contributed by atoms with Gasteiger partial charge in [-0.2, -0.15) is 4.98 Å². The number of carbonyl (C=O) groups is 2. The maximum atomic E-state index is 13.1. The van der Waals surface area contributed by atoms with Crippen molar-refractivity contribution in [2.75, 3.05) is 49.4 Å². The van der Waals surface area contributed by atoms with Crippen molar-refractivity contribution in [2.24, 2.45) is 11.8 Å². The zero-order valence-corrected chi connectivity index (χ0v) is 23.9. The van der Waals surface area contributed by atoms with E-state index in [9.17, 15) is 9.59 Å². The summed E-state index contributed by atoms with van der Waals surface area (Å²) in [5.74, 6) is 2.99. The number of piperidine rings is 1.